The predicted molar refractivity (Wildman–Crippen MR) is 111 cm³/mol. The third-order valence-corrected chi connectivity index (χ3v) is 4.77. The molecule has 150 valence electrons. The van der Waals surface area contributed by atoms with Gasteiger partial charge in [-0.25, -0.2) is 0 Å². The van der Waals surface area contributed by atoms with Crippen LogP contribution in [0.25, 0.3) is 10.9 Å². The van der Waals surface area contributed by atoms with Crippen LogP contribution < -0.4 is 5.32 Å². The van der Waals surface area contributed by atoms with Crippen molar-refractivity contribution < 1.29 is 19.1 Å². The highest BCUT2D eigenvalue weighted by Gasteiger charge is 2.26. The number of H-pyrrole nitrogens is 1. The zero-order valence-electron chi connectivity index (χ0n) is 16.7. The fraction of sp³-hybridized carbons (Fsp3) is 0.261. The van der Waals surface area contributed by atoms with Crippen molar-refractivity contribution in [3.8, 4) is 0 Å². The number of aryl methyl sites for hydroxylation is 1. The fourth-order valence-electron chi connectivity index (χ4n) is 3.45. The molecule has 0 saturated heterocycles. The average Bonchev–Trinajstić information content (AvgIpc) is 3.02. The molecule has 3 rings (SSSR count). The number of aromatic nitrogens is 1. The van der Waals surface area contributed by atoms with Crippen molar-refractivity contribution in [1.29, 1.82) is 0 Å². The minimum absolute atomic E-state index is 0.0614. The van der Waals surface area contributed by atoms with Crippen LogP contribution in [0.2, 0.25) is 0 Å². The van der Waals surface area contributed by atoms with E-state index >= 15 is 0 Å². The molecule has 1 heterocycles. The maximum absolute atomic E-state index is 12.9. The molecular weight excluding hydrogens is 368 g/mol. The maximum atomic E-state index is 12.9. The van der Waals surface area contributed by atoms with Crippen molar-refractivity contribution in [2.45, 2.75) is 39.3 Å². The molecule has 0 bridgehead atoms. The Morgan fingerprint density at radius 1 is 1.03 bits per heavy atom. The number of nitrogens with one attached hydrogen (secondary N) is 2. The summed E-state index contributed by atoms with van der Waals surface area (Å²) < 4.78 is 5.42. The summed E-state index contributed by atoms with van der Waals surface area (Å²) in [5, 5.41) is 3.56. The third-order valence-electron chi connectivity index (χ3n) is 4.77. The van der Waals surface area contributed by atoms with Crippen molar-refractivity contribution in [3.63, 3.8) is 0 Å². The van der Waals surface area contributed by atoms with Crippen molar-refractivity contribution >= 4 is 28.6 Å². The van der Waals surface area contributed by atoms with Gasteiger partial charge < -0.3 is 15.0 Å². The van der Waals surface area contributed by atoms with Gasteiger partial charge in [0.05, 0.1) is 12.5 Å². The highest BCUT2D eigenvalue weighted by molar-refractivity contribution is 6.11. The van der Waals surface area contributed by atoms with Gasteiger partial charge in [0.2, 0.25) is 11.7 Å². The van der Waals surface area contributed by atoms with Crippen LogP contribution in [0, 0.1) is 6.92 Å². The number of hydrogen-bond acceptors (Lipinski definition) is 4. The second-order valence-corrected chi connectivity index (χ2v) is 7.03. The number of hydrogen-bond donors (Lipinski definition) is 2. The number of ketones is 1. The first-order valence-corrected chi connectivity index (χ1v) is 9.50. The van der Waals surface area contributed by atoms with Crippen LogP contribution in [-0.4, -0.2) is 28.7 Å². The van der Waals surface area contributed by atoms with Gasteiger partial charge in [0.15, 0.2) is 6.10 Å². The van der Waals surface area contributed by atoms with Crippen molar-refractivity contribution in [2.24, 2.45) is 0 Å². The Bertz CT molecular complexity index is 1040. The summed E-state index contributed by atoms with van der Waals surface area (Å²) >= 11 is 0. The molecule has 2 N–H and O–H groups in total. The summed E-state index contributed by atoms with van der Waals surface area (Å²) in [7, 11) is 0. The summed E-state index contributed by atoms with van der Waals surface area (Å²) in [5.41, 5.74) is 2.93. The van der Waals surface area contributed by atoms with Crippen LogP contribution in [0.3, 0.4) is 0 Å². The van der Waals surface area contributed by atoms with E-state index < -0.39 is 18.1 Å². The average molecular weight is 392 g/mol. The van der Waals surface area contributed by atoms with Gasteiger partial charge in [-0.2, -0.15) is 0 Å². The smallest absolute Gasteiger partial charge is 0.308 e. The number of ether oxygens (including phenoxy) is 1. The van der Waals surface area contributed by atoms with Crippen LogP contribution in [-0.2, 0) is 14.3 Å². The van der Waals surface area contributed by atoms with E-state index in [0.717, 1.165) is 22.2 Å². The molecular formula is C23H24N2O4. The summed E-state index contributed by atoms with van der Waals surface area (Å²) in [6.07, 6.45) is -0.997. The monoisotopic (exact) mass is 392 g/mol. The Labute approximate surface area is 169 Å². The van der Waals surface area contributed by atoms with Gasteiger partial charge in [-0.1, -0.05) is 48.5 Å². The molecule has 0 spiro atoms. The van der Waals surface area contributed by atoms with Crippen LogP contribution in [0.1, 0.15) is 47.9 Å². The minimum atomic E-state index is -0.936. The van der Waals surface area contributed by atoms with E-state index in [1.807, 2.05) is 61.5 Å². The summed E-state index contributed by atoms with van der Waals surface area (Å²) in [6, 6.07) is 16.2. The number of aromatic amines is 1. The van der Waals surface area contributed by atoms with Crippen LogP contribution in [0.5, 0.6) is 0 Å². The fourth-order valence-corrected chi connectivity index (χ4v) is 3.45. The van der Waals surface area contributed by atoms with E-state index in [2.05, 4.69) is 10.3 Å². The molecule has 0 unspecified atom stereocenters. The number of carbonyl (C=O) groups excluding carboxylic acids is 3. The first-order valence-electron chi connectivity index (χ1n) is 9.50. The quantitative estimate of drug-likeness (QED) is 0.472. The van der Waals surface area contributed by atoms with Crippen LogP contribution in [0.15, 0.2) is 54.6 Å². The number of carbonyl (C=O) groups is 3. The summed E-state index contributed by atoms with van der Waals surface area (Å²) in [6.45, 7) is 4.79. The predicted octanol–water partition coefficient (Wildman–Crippen LogP) is 3.86. The lowest BCUT2D eigenvalue weighted by Gasteiger charge is -2.19. The molecule has 3 aromatic rings. The molecule has 2 aromatic carbocycles. The van der Waals surface area contributed by atoms with E-state index in [1.165, 1.54) is 6.92 Å². The molecule has 2 atom stereocenters. The lowest BCUT2D eigenvalue weighted by molar-refractivity contribution is -0.147. The van der Waals surface area contributed by atoms with E-state index in [4.69, 9.17) is 4.74 Å². The molecule has 0 saturated carbocycles. The highest BCUT2D eigenvalue weighted by Crippen LogP contribution is 2.24. The SMILES string of the molecule is CC(=O)N[C@H](CC(=O)O[C@@H](C)C(=O)c1c(C)[nH]c2ccccc12)c1ccccc1. The summed E-state index contributed by atoms with van der Waals surface area (Å²) in [4.78, 5) is 40.2. The molecule has 6 nitrogen and oxygen atoms in total. The lowest BCUT2D eigenvalue weighted by Crippen LogP contribution is -2.31. The van der Waals surface area contributed by atoms with Gasteiger partial charge in [0, 0.05) is 29.1 Å². The topological polar surface area (TPSA) is 88.3 Å². The molecule has 0 aliphatic carbocycles. The number of rotatable bonds is 7. The largest absolute Gasteiger partial charge is 0.454 e. The van der Waals surface area contributed by atoms with E-state index in [-0.39, 0.29) is 18.1 Å². The number of fused-ring (bicyclic) bond motifs is 1. The number of esters is 1. The van der Waals surface area contributed by atoms with Crippen LogP contribution >= 0.6 is 0 Å². The third kappa shape index (κ3) is 4.71. The Kier molecular flexibility index (Phi) is 6.12. The van der Waals surface area contributed by atoms with Crippen molar-refractivity contribution in [2.75, 3.05) is 0 Å². The second-order valence-electron chi connectivity index (χ2n) is 7.03. The van der Waals surface area contributed by atoms with E-state index in [9.17, 15) is 14.4 Å². The molecule has 1 amide bonds. The first-order chi connectivity index (χ1) is 13.9. The van der Waals surface area contributed by atoms with Gasteiger partial charge in [-0.3, -0.25) is 14.4 Å². The molecule has 0 aliphatic rings. The normalized spacial score (nSPS) is 12.9. The first kappa shape index (κ1) is 20.3. The van der Waals surface area contributed by atoms with Crippen molar-refractivity contribution in [1.82, 2.24) is 10.3 Å². The second kappa shape index (κ2) is 8.73. The van der Waals surface area contributed by atoms with Gasteiger partial charge in [-0.05, 0) is 25.5 Å². The Morgan fingerprint density at radius 3 is 2.38 bits per heavy atom. The zero-order valence-corrected chi connectivity index (χ0v) is 16.7. The zero-order chi connectivity index (χ0) is 21.0. The number of benzene rings is 2. The maximum Gasteiger partial charge on any atom is 0.308 e. The molecule has 1 aromatic heterocycles. The standard InChI is InChI=1S/C23H24N2O4/c1-14-22(18-11-7-8-12-19(18)24-14)23(28)15(2)29-21(27)13-20(25-16(3)26)17-9-5-4-6-10-17/h4-12,15,20,24H,13H2,1-3H3,(H,25,26)/t15-,20+/m0/s1. The molecule has 6 heteroatoms. The highest BCUT2D eigenvalue weighted by atomic mass is 16.5. The van der Waals surface area contributed by atoms with Gasteiger partial charge in [-0.15, -0.1) is 0 Å². The van der Waals surface area contributed by atoms with Gasteiger partial charge in [0.25, 0.3) is 0 Å². The molecule has 0 radical (unpaired) electrons. The number of para-hydroxylation sites is 1. The molecule has 0 aliphatic heterocycles. The molecule has 29 heavy (non-hydrogen) atoms. The Balaban J connectivity index is 1.72. The van der Waals surface area contributed by atoms with Gasteiger partial charge in [0.1, 0.15) is 0 Å². The summed E-state index contributed by atoms with van der Waals surface area (Å²) in [5.74, 6) is -1.06. The number of Topliss-reactive ketones (excluding diaryl/α,β-unsaturated/α-hetero) is 1. The van der Waals surface area contributed by atoms with E-state index in [0.29, 0.717) is 5.56 Å². The molecule has 0 fully saturated rings. The minimum Gasteiger partial charge on any atom is -0.454 e. The van der Waals surface area contributed by atoms with E-state index in [1.54, 1.807) is 6.92 Å². The van der Waals surface area contributed by atoms with Crippen molar-refractivity contribution in [3.05, 3.63) is 71.4 Å². The Morgan fingerprint density at radius 2 is 1.69 bits per heavy atom. The lowest BCUT2D eigenvalue weighted by atomic mass is 10.0. The van der Waals surface area contributed by atoms with Crippen LogP contribution in [0.4, 0.5) is 0 Å². The van der Waals surface area contributed by atoms with Gasteiger partial charge >= 0.3 is 5.97 Å². The Hall–Kier alpha value is -3.41. The number of amides is 1.